The molecule has 0 spiro atoms. The van der Waals surface area contributed by atoms with E-state index in [1.54, 1.807) is 7.11 Å². The van der Waals surface area contributed by atoms with Gasteiger partial charge in [-0.2, -0.15) is 0 Å². The molecule has 148 valence electrons. The van der Waals surface area contributed by atoms with Gasteiger partial charge in [-0.1, -0.05) is 26.7 Å². The monoisotopic (exact) mass is 468 g/mol. The minimum Gasteiger partial charge on any atom is -0.383 e. The summed E-state index contributed by atoms with van der Waals surface area (Å²) in [5, 5.41) is 9.48. The topological polar surface area (TPSA) is 74.8 Å². The summed E-state index contributed by atoms with van der Waals surface area (Å²) < 4.78 is 4.92. The van der Waals surface area contributed by atoms with Crippen LogP contribution >= 0.6 is 24.0 Å². The smallest absolute Gasteiger partial charge is 0.241 e. The Morgan fingerprint density at radius 2 is 1.88 bits per heavy atom. The maximum absolute atomic E-state index is 11.8. The minimum absolute atomic E-state index is 0. The van der Waals surface area contributed by atoms with Crippen LogP contribution in [-0.2, 0) is 9.53 Å². The number of carbonyl (C=O) groups is 1. The molecule has 3 N–H and O–H groups in total. The number of nitrogens with zero attached hydrogens (tertiary/aromatic N) is 1. The van der Waals surface area contributed by atoms with E-state index in [-0.39, 0.29) is 36.4 Å². The molecule has 0 unspecified atom stereocenters. The zero-order chi connectivity index (χ0) is 17.8. The van der Waals surface area contributed by atoms with E-state index < -0.39 is 0 Å². The lowest BCUT2D eigenvalue weighted by atomic mass is 9.78. The van der Waals surface area contributed by atoms with Gasteiger partial charge in [-0.25, -0.2) is 4.99 Å². The lowest BCUT2D eigenvalue weighted by Crippen LogP contribution is -2.44. The molecule has 1 fully saturated rings. The van der Waals surface area contributed by atoms with Crippen LogP contribution in [0, 0.1) is 11.3 Å². The summed E-state index contributed by atoms with van der Waals surface area (Å²) in [7, 11) is 1.62. The van der Waals surface area contributed by atoms with Crippen molar-refractivity contribution < 1.29 is 9.53 Å². The second-order valence-corrected chi connectivity index (χ2v) is 7.20. The number of halogens is 1. The van der Waals surface area contributed by atoms with Crippen molar-refractivity contribution >= 4 is 35.8 Å². The number of methoxy groups -OCH3 is 1. The molecule has 25 heavy (non-hydrogen) atoms. The van der Waals surface area contributed by atoms with Gasteiger partial charge < -0.3 is 20.7 Å². The van der Waals surface area contributed by atoms with E-state index in [9.17, 15) is 4.79 Å². The number of nitrogens with one attached hydrogen (secondary N) is 3. The van der Waals surface area contributed by atoms with Crippen molar-refractivity contribution in [3.05, 3.63) is 0 Å². The number of guanidine groups is 1. The van der Waals surface area contributed by atoms with Crippen LogP contribution in [0.2, 0.25) is 0 Å². The van der Waals surface area contributed by atoms with Crippen molar-refractivity contribution in [3.8, 4) is 0 Å². The Hall–Kier alpha value is -0.570. The fourth-order valence-corrected chi connectivity index (χ4v) is 3.56. The number of carbonyl (C=O) groups excluding carboxylic acids is 1. The number of aliphatic imine (C=N–C) groups is 1. The van der Waals surface area contributed by atoms with Gasteiger partial charge in [-0.05, 0) is 37.5 Å². The summed E-state index contributed by atoms with van der Waals surface area (Å²) in [6.07, 6.45) is 6.47. The first kappa shape index (κ1) is 24.4. The Kier molecular flexibility index (Phi) is 13.3. The van der Waals surface area contributed by atoms with Gasteiger partial charge in [-0.3, -0.25) is 4.79 Å². The highest BCUT2D eigenvalue weighted by Crippen LogP contribution is 2.42. The molecule has 0 atom stereocenters. The van der Waals surface area contributed by atoms with E-state index >= 15 is 0 Å². The lowest BCUT2D eigenvalue weighted by Gasteiger charge is -2.31. The van der Waals surface area contributed by atoms with Crippen molar-refractivity contribution in [2.75, 3.05) is 39.9 Å². The summed E-state index contributed by atoms with van der Waals surface area (Å²) in [5.74, 6) is 1.35. The van der Waals surface area contributed by atoms with E-state index in [1.165, 1.54) is 32.1 Å². The van der Waals surface area contributed by atoms with Gasteiger partial charge in [0.05, 0.1) is 6.61 Å². The normalized spacial score (nSPS) is 16.4. The van der Waals surface area contributed by atoms with E-state index in [4.69, 9.17) is 4.74 Å². The molecule has 0 saturated heterocycles. The Morgan fingerprint density at radius 1 is 1.20 bits per heavy atom. The van der Waals surface area contributed by atoms with Gasteiger partial charge in [0.15, 0.2) is 5.96 Å². The van der Waals surface area contributed by atoms with Crippen LogP contribution in [0.25, 0.3) is 0 Å². The van der Waals surface area contributed by atoms with Crippen molar-refractivity contribution in [3.63, 3.8) is 0 Å². The van der Waals surface area contributed by atoms with E-state index in [0.717, 1.165) is 19.0 Å². The van der Waals surface area contributed by atoms with Crippen LogP contribution < -0.4 is 16.0 Å². The molecule has 0 aromatic heterocycles. The van der Waals surface area contributed by atoms with Gasteiger partial charge in [-0.15, -0.1) is 24.0 Å². The molecule has 6 nitrogen and oxygen atoms in total. The largest absolute Gasteiger partial charge is 0.383 e. The van der Waals surface area contributed by atoms with Crippen LogP contribution in [0.1, 0.15) is 52.9 Å². The predicted octanol–water partition coefficient (Wildman–Crippen LogP) is 2.53. The zero-order valence-corrected chi connectivity index (χ0v) is 18.7. The van der Waals surface area contributed by atoms with Crippen LogP contribution in [0.3, 0.4) is 0 Å². The van der Waals surface area contributed by atoms with E-state index in [2.05, 4.69) is 34.8 Å². The second-order valence-electron chi connectivity index (χ2n) is 7.20. The first-order chi connectivity index (χ1) is 11.5. The molecule has 0 aromatic rings. The Bertz CT molecular complexity index is 397. The summed E-state index contributed by atoms with van der Waals surface area (Å²) >= 11 is 0. The third-order valence-corrected chi connectivity index (χ3v) is 4.49. The van der Waals surface area contributed by atoms with Crippen LogP contribution in [-0.4, -0.2) is 51.8 Å². The molecule has 1 saturated carbocycles. The minimum atomic E-state index is -0.0815. The Balaban J connectivity index is 0.00000576. The van der Waals surface area contributed by atoms with Gasteiger partial charge >= 0.3 is 0 Å². The van der Waals surface area contributed by atoms with E-state index in [1.807, 2.05) is 6.92 Å². The highest BCUT2D eigenvalue weighted by Gasteiger charge is 2.34. The standard InChI is InChI=1S/C18H36N4O2.HI/c1-5-19-17(21-13-16(23)20-10-11-24-4)22-14-18(12-15(2)3)8-6-7-9-18;/h15H,5-14H2,1-4H3,(H,20,23)(H2,19,21,22);1H. The number of rotatable bonds is 10. The predicted molar refractivity (Wildman–Crippen MR) is 115 cm³/mol. The van der Waals surface area contributed by atoms with Gasteiger partial charge in [0.2, 0.25) is 5.91 Å². The summed E-state index contributed by atoms with van der Waals surface area (Å²) in [4.78, 5) is 16.2. The highest BCUT2D eigenvalue weighted by atomic mass is 127. The summed E-state index contributed by atoms with van der Waals surface area (Å²) in [6, 6.07) is 0. The molecule has 0 aliphatic heterocycles. The van der Waals surface area contributed by atoms with Crippen molar-refractivity contribution in [2.45, 2.75) is 52.9 Å². The molecule has 1 rings (SSSR count). The number of hydrogen-bond donors (Lipinski definition) is 3. The maximum Gasteiger partial charge on any atom is 0.241 e. The average molecular weight is 468 g/mol. The summed E-state index contributed by atoms with van der Waals surface area (Å²) in [6.45, 7) is 9.52. The fourth-order valence-electron chi connectivity index (χ4n) is 3.56. The molecule has 1 aliphatic rings. The molecule has 7 heteroatoms. The fraction of sp³-hybridized carbons (Fsp3) is 0.889. The third-order valence-electron chi connectivity index (χ3n) is 4.49. The first-order valence-corrected chi connectivity index (χ1v) is 9.29. The summed E-state index contributed by atoms with van der Waals surface area (Å²) in [5.41, 5.74) is 0.380. The quantitative estimate of drug-likeness (QED) is 0.199. The number of hydrogen-bond acceptors (Lipinski definition) is 3. The van der Waals surface area contributed by atoms with Crippen molar-refractivity contribution in [1.29, 1.82) is 0 Å². The Labute approximate surface area is 170 Å². The van der Waals surface area contributed by atoms with Crippen molar-refractivity contribution in [2.24, 2.45) is 16.3 Å². The number of ether oxygens (including phenoxy) is 1. The average Bonchev–Trinajstić information content (AvgIpc) is 2.98. The molecular weight excluding hydrogens is 431 g/mol. The molecule has 1 amide bonds. The van der Waals surface area contributed by atoms with E-state index in [0.29, 0.717) is 24.5 Å². The first-order valence-electron chi connectivity index (χ1n) is 9.29. The van der Waals surface area contributed by atoms with Crippen LogP contribution in [0.4, 0.5) is 0 Å². The molecule has 0 aromatic carbocycles. The lowest BCUT2D eigenvalue weighted by molar-refractivity contribution is -0.119. The highest BCUT2D eigenvalue weighted by molar-refractivity contribution is 14.0. The zero-order valence-electron chi connectivity index (χ0n) is 16.3. The van der Waals surface area contributed by atoms with Gasteiger partial charge in [0.25, 0.3) is 0 Å². The third kappa shape index (κ3) is 10.2. The van der Waals surface area contributed by atoms with Crippen molar-refractivity contribution in [1.82, 2.24) is 16.0 Å². The van der Waals surface area contributed by atoms with Gasteiger partial charge in [0, 0.05) is 26.7 Å². The SMILES string of the molecule is CCNC(=NCC(=O)NCCOC)NCC1(CC(C)C)CCCC1.I. The molecule has 0 heterocycles. The molecule has 0 bridgehead atoms. The van der Waals surface area contributed by atoms with Crippen LogP contribution in [0.5, 0.6) is 0 Å². The van der Waals surface area contributed by atoms with Crippen LogP contribution in [0.15, 0.2) is 4.99 Å². The second kappa shape index (κ2) is 13.6. The molecular formula is C18H37IN4O2. The Morgan fingerprint density at radius 3 is 2.44 bits per heavy atom. The number of amides is 1. The molecule has 1 aliphatic carbocycles. The molecule has 0 radical (unpaired) electrons. The maximum atomic E-state index is 11.8. The van der Waals surface area contributed by atoms with Gasteiger partial charge in [0.1, 0.15) is 6.54 Å².